The second kappa shape index (κ2) is 5.83. The number of carboxylic acid groups (broad SMARTS) is 1. The first-order valence-electron chi connectivity index (χ1n) is 6.72. The Morgan fingerprint density at radius 1 is 1.19 bits per heavy atom. The molecular weight excluding hydrogens is 268 g/mol. The predicted octanol–water partition coefficient (Wildman–Crippen LogP) is 3.40. The van der Waals surface area contributed by atoms with E-state index in [2.05, 4.69) is 24.1 Å². The van der Waals surface area contributed by atoms with Gasteiger partial charge in [-0.15, -0.1) is 0 Å². The van der Waals surface area contributed by atoms with Crippen molar-refractivity contribution < 1.29 is 14.7 Å². The van der Waals surface area contributed by atoms with Gasteiger partial charge in [0.15, 0.2) is 0 Å². The van der Waals surface area contributed by atoms with Crippen LogP contribution in [0.1, 0.15) is 51.7 Å². The molecule has 0 saturated carbocycles. The van der Waals surface area contributed by atoms with Gasteiger partial charge in [0.05, 0.1) is 5.69 Å². The number of aryl methyl sites for hydroxylation is 1. The van der Waals surface area contributed by atoms with Gasteiger partial charge in [-0.2, -0.15) is 0 Å². The van der Waals surface area contributed by atoms with Crippen LogP contribution in [0.15, 0.2) is 30.5 Å². The van der Waals surface area contributed by atoms with Crippen LogP contribution in [-0.4, -0.2) is 22.0 Å². The van der Waals surface area contributed by atoms with Gasteiger partial charge in [0, 0.05) is 17.5 Å². The number of anilines is 1. The summed E-state index contributed by atoms with van der Waals surface area (Å²) in [7, 11) is 0. The summed E-state index contributed by atoms with van der Waals surface area (Å²) in [5, 5.41) is 11.8. The summed E-state index contributed by atoms with van der Waals surface area (Å²) in [6.07, 6.45) is 1.49. The van der Waals surface area contributed by atoms with Gasteiger partial charge in [-0.3, -0.25) is 4.79 Å². The van der Waals surface area contributed by atoms with Gasteiger partial charge >= 0.3 is 5.97 Å². The first-order valence-corrected chi connectivity index (χ1v) is 6.72. The second-order valence-corrected chi connectivity index (χ2v) is 5.24. The molecule has 1 aromatic heterocycles. The zero-order chi connectivity index (χ0) is 15.6. The molecule has 0 bridgehead atoms. The summed E-state index contributed by atoms with van der Waals surface area (Å²) in [4.78, 5) is 26.1. The van der Waals surface area contributed by atoms with Crippen molar-refractivity contribution in [1.29, 1.82) is 0 Å². The van der Waals surface area contributed by atoms with E-state index in [9.17, 15) is 9.59 Å². The number of rotatable bonds is 4. The number of nitrogens with one attached hydrogen (secondary N) is 2. The fraction of sp³-hybridized carbons (Fsp3) is 0.250. The van der Waals surface area contributed by atoms with E-state index in [0.29, 0.717) is 17.2 Å². The van der Waals surface area contributed by atoms with Crippen molar-refractivity contribution in [3.05, 3.63) is 52.8 Å². The fourth-order valence-electron chi connectivity index (χ4n) is 2.11. The third kappa shape index (κ3) is 3.13. The number of benzene rings is 1. The Balaban J connectivity index is 2.20. The molecule has 0 aliphatic heterocycles. The summed E-state index contributed by atoms with van der Waals surface area (Å²) in [6, 6.07) is 7.29. The van der Waals surface area contributed by atoms with Crippen LogP contribution in [0.3, 0.4) is 0 Å². The van der Waals surface area contributed by atoms with Crippen molar-refractivity contribution >= 4 is 17.6 Å². The van der Waals surface area contributed by atoms with Gasteiger partial charge in [0.25, 0.3) is 5.91 Å². The molecule has 0 unspecified atom stereocenters. The zero-order valence-corrected chi connectivity index (χ0v) is 12.2. The van der Waals surface area contributed by atoms with Crippen molar-refractivity contribution in [2.45, 2.75) is 26.7 Å². The minimum atomic E-state index is -1.07. The predicted molar refractivity (Wildman–Crippen MR) is 81.0 cm³/mol. The molecule has 0 saturated heterocycles. The normalized spacial score (nSPS) is 10.7. The number of hydrogen-bond donors (Lipinski definition) is 3. The quantitative estimate of drug-likeness (QED) is 0.805. The van der Waals surface area contributed by atoms with E-state index < -0.39 is 5.97 Å². The Kier molecular flexibility index (Phi) is 4.12. The topological polar surface area (TPSA) is 82.2 Å². The van der Waals surface area contributed by atoms with E-state index >= 15 is 0 Å². The molecule has 1 amide bonds. The fourth-order valence-corrected chi connectivity index (χ4v) is 2.11. The van der Waals surface area contributed by atoms with Crippen LogP contribution >= 0.6 is 0 Å². The largest absolute Gasteiger partial charge is 0.478 e. The van der Waals surface area contributed by atoms with E-state index in [4.69, 9.17) is 5.11 Å². The molecule has 0 fully saturated rings. The Morgan fingerprint density at radius 2 is 1.81 bits per heavy atom. The Labute approximate surface area is 123 Å². The molecule has 110 valence electrons. The molecule has 0 aliphatic rings. The monoisotopic (exact) mass is 286 g/mol. The summed E-state index contributed by atoms with van der Waals surface area (Å²) < 4.78 is 0. The van der Waals surface area contributed by atoms with Crippen LogP contribution in [0, 0.1) is 6.92 Å². The maximum absolute atomic E-state index is 12.2. The van der Waals surface area contributed by atoms with E-state index in [1.54, 1.807) is 19.1 Å². The van der Waals surface area contributed by atoms with Crippen molar-refractivity contribution in [2.75, 3.05) is 5.32 Å². The Hall–Kier alpha value is -2.56. The number of hydrogen-bond acceptors (Lipinski definition) is 2. The molecule has 2 aromatic rings. The highest BCUT2D eigenvalue weighted by atomic mass is 16.4. The van der Waals surface area contributed by atoms with Crippen LogP contribution < -0.4 is 5.32 Å². The van der Waals surface area contributed by atoms with E-state index in [1.807, 2.05) is 12.1 Å². The standard InChI is InChI=1S/C16H18N2O3/c1-9(2)11-4-6-12(7-5-11)15(19)18-13-8-17-10(3)14(13)16(20)21/h4-9,17H,1-3H3,(H,18,19)(H,20,21). The van der Waals surface area contributed by atoms with Crippen LogP contribution in [0.25, 0.3) is 0 Å². The lowest BCUT2D eigenvalue weighted by Crippen LogP contribution is -2.14. The first-order chi connectivity index (χ1) is 9.90. The molecule has 5 heteroatoms. The minimum Gasteiger partial charge on any atom is -0.478 e. The van der Waals surface area contributed by atoms with Gasteiger partial charge in [0.1, 0.15) is 5.56 Å². The average Bonchev–Trinajstić information content (AvgIpc) is 2.79. The lowest BCUT2D eigenvalue weighted by atomic mass is 10.0. The molecule has 0 radical (unpaired) electrons. The molecule has 0 spiro atoms. The number of aromatic amines is 1. The third-order valence-corrected chi connectivity index (χ3v) is 3.38. The van der Waals surface area contributed by atoms with Gasteiger partial charge < -0.3 is 15.4 Å². The molecule has 21 heavy (non-hydrogen) atoms. The minimum absolute atomic E-state index is 0.0853. The maximum atomic E-state index is 12.2. The summed E-state index contributed by atoms with van der Waals surface area (Å²) in [6.45, 7) is 5.81. The Bertz CT molecular complexity index is 669. The number of carbonyl (C=O) groups is 2. The van der Waals surface area contributed by atoms with Crippen molar-refractivity contribution in [3.63, 3.8) is 0 Å². The van der Waals surface area contributed by atoms with Gasteiger partial charge in [-0.1, -0.05) is 26.0 Å². The van der Waals surface area contributed by atoms with Crippen molar-refractivity contribution in [1.82, 2.24) is 4.98 Å². The third-order valence-electron chi connectivity index (χ3n) is 3.38. The molecular formula is C16H18N2O3. The molecule has 1 aromatic carbocycles. The molecule has 0 atom stereocenters. The molecule has 0 aliphatic carbocycles. The van der Waals surface area contributed by atoms with Crippen molar-refractivity contribution in [3.8, 4) is 0 Å². The highest BCUT2D eigenvalue weighted by molar-refractivity contribution is 6.08. The molecule has 1 heterocycles. The SMILES string of the molecule is Cc1[nH]cc(NC(=O)c2ccc(C(C)C)cc2)c1C(=O)O. The number of H-pyrrole nitrogens is 1. The number of aromatic carboxylic acids is 1. The maximum Gasteiger partial charge on any atom is 0.339 e. The van der Waals surface area contributed by atoms with Gasteiger partial charge in [-0.25, -0.2) is 4.79 Å². The number of amides is 1. The lowest BCUT2D eigenvalue weighted by molar-refractivity contribution is 0.0697. The molecule has 5 nitrogen and oxygen atoms in total. The van der Waals surface area contributed by atoms with E-state index in [1.165, 1.54) is 6.20 Å². The number of carbonyl (C=O) groups excluding carboxylic acids is 1. The summed E-state index contributed by atoms with van der Waals surface area (Å²) in [5.41, 5.74) is 2.51. The molecule has 2 rings (SSSR count). The van der Waals surface area contributed by atoms with Gasteiger partial charge in [-0.05, 0) is 30.5 Å². The van der Waals surface area contributed by atoms with Crippen LogP contribution in [0.2, 0.25) is 0 Å². The lowest BCUT2D eigenvalue weighted by Gasteiger charge is -2.08. The summed E-state index contributed by atoms with van der Waals surface area (Å²) in [5.74, 6) is -1.00. The number of aromatic nitrogens is 1. The van der Waals surface area contributed by atoms with E-state index in [-0.39, 0.29) is 17.2 Å². The van der Waals surface area contributed by atoms with E-state index in [0.717, 1.165) is 5.56 Å². The summed E-state index contributed by atoms with van der Waals surface area (Å²) >= 11 is 0. The highest BCUT2D eigenvalue weighted by Crippen LogP contribution is 2.20. The average molecular weight is 286 g/mol. The second-order valence-electron chi connectivity index (χ2n) is 5.24. The smallest absolute Gasteiger partial charge is 0.339 e. The molecule has 3 N–H and O–H groups in total. The Morgan fingerprint density at radius 3 is 2.33 bits per heavy atom. The van der Waals surface area contributed by atoms with Crippen molar-refractivity contribution in [2.24, 2.45) is 0 Å². The first kappa shape index (κ1) is 14.8. The zero-order valence-electron chi connectivity index (χ0n) is 12.2. The highest BCUT2D eigenvalue weighted by Gasteiger charge is 2.17. The van der Waals surface area contributed by atoms with Gasteiger partial charge in [0.2, 0.25) is 0 Å². The van der Waals surface area contributed by atoms with Crippen LogP contribution in [0.4, 0.5) is 5.69 Å². The van der Waals surface area contributed by atoms with Crippen LogP contribution in [0.5, 0.6) is 0 Å². The number of carboxylic acids is 1. The van der Waals surface area contributed by atoms with Crippen LogP contribution in [-0.2, 0) is 0 Å².